The third-order valence-corrected chi connectivity index (χ3v) is 5.33. The van der Waals surface area contributed by atoms with Crippen molar-refractivity contribution in [3.63, 3.8) is 0 Å². The van der Waals surface area contributed by atoms with Gasteiger partial charge in [-0.25, -0.2) is 4.79 Å². The molecule has 2 heterocycles. The molecule has 0 radical (unpaired) electrons. The fourth-order valence-electron chi connectivity index (χ4n) is 3.70. The van der Waals surface area contributed by atoms with Gasteiger partial charge in [0.05, 0.1) is 11.4 Å². The maximum absolute atomic E-state index is 12.5. The molecule has 32 heavy (non-hydrogen) atoms. The zero-order valence-corrected chi connectivity index (χ0v) is 17.9. The number of fused-ring (bicyclic) bond motifs is 3. The lowest BCUT2D eigenvalue weighted by molar-refractivity contribution is 0.162. The van der Waals surface area contributed by atoms with E-state index in [1.54, 1.807) is 14.1 Å². The van der Waals surface area contributed by atoms with Gasteiger partial charge in [0, 0.05) is 25.9 Å². The largest absolute Gasteiger partial charge is 0.451 e. The molecule has 0 bridgehead atoms. The van der Waals surface area contributed by atoms with E-state index in [9.17, 15) is 4.79 Å². The van der Waals surface area contributed by atoms with Crippen LogP contribution in [-0.2, 0) is 4.74 Å². The fourth-order valence-corrected chi connectivity index (χ4v) is 3.70. The van der Waals surface area contributed by atoms with E-state index in [-0.39, 0.29) is 0 Å². The Hall–Kier alpha value is -4.25. The van der Waals surface area contributed by atoms with Crippen LogP contribution in [0.2, 0.25) is 0 Å². The van der Waals surface area contributed by atoms with Crippen molar-refractivity contribution < 1.29 is 14.3 Å². The molecule has 5 heteroatoms. The molecule has 0 N–H and O–H groups in total. The average Bonchev–Trinajstić information content (AvgIpc) is 3.27. The molecule has 0 atom stereocenters. The van der Waals surface area contributed by atoms with Gasteiger partial charge in [-0.1, -0.05) is 66.7 Å². The highest BCUT2D eigenvalue weighted by molar-refractivity contribution is 5.91. The van der Waals surface area contributed by atoms with Gasteiger partial charge in [-0.3, -0.25) is 0 Å². The third kappa shape index (κ3) is 3.54. The van der Waals surface area contributed by atoms with Gasteiger partial charge in [0.2, 0.25) is 0 Å². The number of para-hydroxylation sites is 2. The number of carbonyl (C=O) groups excluding carboxylic acids is 1. The highest BCUT2D eigenvalue weighted by Crippen LogP contribution is 2.39. The minimum atomic E-state index is -0.472. The third-order valence-electron chi connectivity index (χ3n) is 5.33. The molecule has 1 aromatic heterocycles. The van der Waals surface area contributed by atoms with Crippen LogP contribution in [0.4, 0.5) is 4.79 Å². The smallest absolute Gasteiger partial charge is 0.414 e. The number of hydrogen-bond acceptors (Lipinski definition) is 3. The van der Waals surface area contributed by atoms with Crippen molar-refractivity contribution in [1.82, 2.24) is 9.47 Å². The second kappa shape index (κ2) is 8.12. The molecule has 0 fully saturated rings. The van der Waals surface area contributed by atoms with Crippen molar-refractivity contribution in [1.29, 1.82) is 0 Å². The first kappa shape index (κ1) is 19.7. The van der Waals surface area contributed by atoms with Crippen molar-refractivity contribution in [3.05, 3.63) is 108 Å². The van der Waals surface area contributed by atoms with Crippen molar-refractivity contribution in [2.75, 3.05) is 14.1 Å². The molecule has 1 aliphatic heterocycles. The van der Waals surface area contributed by atoms with Crippen LogP contribution < -0.4 is 4.74 Å². The summed E-state index contributed by atoms with van der Waals surface area (Å²) in [5.74, 6) is 1.55. The molecule has 0 saturated heterocycles. The number of amides is 1. The summed E-state index contributed by atoms with van der Waals surface area (Å²) in [6.07, 6.45) is 1.46. The minimum Gasteiger partial charge on any atom is -0.451 e. The first-order valence-electron chi connectivity index (χ1n) is 10.4. The molecule has 1 aliphatic rings. The SMILES string of the molecule is CN(C)C(=O)OC1=C(c2ccc(-c3ccccc3)cc2)Oc2ccccc2-n2cccc21. The summed E-state index contributed by atoms with van der Waals surface area (Å²) in [7, 11) is 3.31. The summed E-state index contributed by atoms with van der Waals surface area (Å²) in [4.78, 5) is 13.9. The highest BCUT2D eigenvalue weighted by atomic mass is 16.6. The summed E-state index contributed by atoms with van der Waals surface area (Å²) in [5, 5.41) is 0. The normalized spacial score (nSPS) is 12.3. The zero-order chi connectivity index (χ0) is 22.1. The number of ether oxygens (including phenoxy) is 2. The molecular weight excluding hydrogens is 400 g/mol. The Bertz CT molecular complexity index is 1300. The van der Waals surface area contributed by atoms with Crippen molar-refractivity contribution in [2.24, 2.45) is 0 Å². The van der Waals surface area contributed by atoms with E-state index in [2.05, 4.69) is 12.1 Å². The Morgan fingerprint density at radius 1 is 0.781 bits per heavy atom. The Morgan fingerprint density at radius 2 is 1.44 bits per heavy atom. The number of hydrogen-bond donors (Lipinski definition) is 0. The summed E-state index contributed by atoms with van der Waals surface area (Å²) >= 11 is 0. The zero-order valence-electron chi connectivity index (χ0n) is 17.9. The van der Waals surface area contributed by atoms with Crippen LogP contribution >= 0.6 is 0 Å². The predicted molar refractivity (Wildman–Crippen MR) is 125 cm³/mol. The van der Waals surface area contributed by atoms with E-state index in [1.165, 1.54) is 4.90 Å². The Balaban J connectivity index is 1.67. The summed E-state index contributed by atoms with van der Waals surface area (Å²) in [5.41, 5.74) is 4.66. The van der Waals surface area contributed by atoms with Crippen molar-refractivity contribution >= 4 is 17.6 Å². The van der Waals surface area contributed by atoms with E-state index in [4.69, 9.17) is 9.47 Å². The lowest BCUT2D eigenvalue weighted by Crippen LogP contribution is -2.23. The molecule has 0 unspecified atom stereocenters. The van der Waals surface area contributed by atoms with E-state index < -0.39 is 6.09 Å². The standard InChI is InChI=1S/C27H22N2O3/c1-28(2)27(30)32-26-23-12-8-18-29(23)22-11-6-7-13-24(22)31-25(26)21-16-14-20(15-17-21)19-9-4-3-5-10-19/h3-18H,1-2H3. The molecular formula is C27H22N2O3. The second-order valence-corrected chi connectivity index (χ2v) is 7.70. The van der Waals surface area contributed by atoms with E-state index in [0.29, 0.717) is 17.3 Å². The van der Waals surface area contributed by atoms with Crippen LogP contribution in [0.3, 0.4) is 0 Å². The number of benzene rings is 3. The molecule has 4 aromatic rings. The molecule has 1 amide bonds. The number of carbonyl (C=O) groups is 1. The number of nitrogens with zero attached hydrogens (tertiary/aromatic N) is 2. The Morgan fingerprint density at radius 3 is 2.19 bits per heavy atom. The van der Waals surface area contributed by atoms with Crippen LogP contribution in [0, 0.1) is 0 Å². The van der Waals surface area contributed by atoms with E-state index >= 15 is 0 Å². The summed E-state index contributed by atoms with van der Waals surface area (Å²) < 4.78 is 14.2. The van der Waals surface area contributed by atoms with Crippen molar-refractivity contribution in [2.45, 2.75) is 0 Å². The first-order valence-corrected chi connectivity index (χ1v) is 10.4. The molecule has 5 rings (SSSR count). The number of aromatic nitrogens is 1. The Kier molecular flexibility index (Phi) is 5.00. The first-order chi connectivity index (χ1) is 15.6. The van der Waals surface area contributed by atoms with Gasteiger partial charge in [-0.2, -0.15) is 0 Å². The van der Waals surface area contributed by atoms with E-state index in [1.807, 2.05) is 89.6 Å². The van der Waals surface area contributed by atoms with Crippen LogP contribution in [-0.4, -0.2) is 29.7 Å². The average molecular weight is 422 g/mol. The van der Waals surface area contributed by atoms with Gasteiger partial charge in [-0.15, -0.1) is 0 Å². The summed E-state index contributed by atoms with van der Waals surface area (Å²) in [6.45, 7) is 0. The lowest BCUT2D eigenvalue weighted by atomic mass is 10.0. The fraction of sp³-hybridized carbons (Fsp3) is 0.0741. The predicted octanol–water partition coefficient (Wildman–Crippen LogP) is 6.06. The van der Waals surface area contributed by atoms with Gasteiger partial charge in [0.1, 0.15) is 0 Å². The van der Waals surface area contributed by atoms with Crippen molar-refractivity contribution in [3.8, 4) is 22.6 Å². The van der Waals surface area contributed by atoms with Gasteiger partial charge in [0.25, 0.3) is 0 Å². The lowest BCUT2D eigenvalue weighted by Gasteiger charge is -2.16. The van der Waals surface area contributed by atoms with Crippen LogP contribution in [0.15, 0.2) is 97.2 Å². The van der Waals surface area contributed by atoms with Gasteiger partial charge >= 0.3 is 6.09 Å². The molecule has 0 aliphatic carbocycles. The van der Waals surface area contributed by atoms with Crippen LogP contribution in [0.25, 0.3) is 28.3 Å². The molecule has 5 nitrogen and oxygen atoms in total. The molecule has 3 aromatic carbocycles. The molecule has 0 saturated carbocycles. The number of rotatable bonds is 3. The maximum Gasteiger partial charge on any atom is 0.414 e. The quantitative estimate of drug-likeness (QED) is 0.403. The highest BCUT2D eigenvalue weighted by Gasteiger charge is 2.27. The molecule has 0 spiro atoms. The van der Waals surface area contributed by atoms with Gasteiger partial charge < -0.3 is 18.9 Å². The topological polar surface area (TPSA) is 43.7 Å². The van der Waals surface area contributed by atoms with E-state index in [0.717, 1.165) is 28.1 Å². The minimum absolute atomic E-state index is 0.373. The monoisotopic (exact) mass is 422 g/mol. The van der Waals surface area contributed by atoms with Crippen LogP contribution in [0.1, 0.15) is 11.3 Å². The summed E-state index contributed by atoms with van der Waals surface area (Å²) in [6, 6.07) is 29.9. The second-order valence-electron chi connectivity index (χ2n) is 7.70. The molecule has 158 valence electrons. The maximum atomic E-state index is 12.5. The van der Waals surface area contributed by atoms with Gasteiger partial charge in [-0.05, 0) is 35.4 Å². The van der Waals surface area contributed by atoms with Crippen LogP contribution in [0.5, 0.6) is 5.75 Å². The Labute approximate surface area is 186 Å². The van der Waals surface area contributed by atoms with Gasteiger partial charge in [0.15, 0.2) is 17.3 Å².